The second-order valence-corrected chi connectivity index (χ2v) is 11.9. The zero-order valence-electron chi connectivity index (χ0n) is 24.7. The molecule has 9 nitrogen and oxygen atoms in total. The molecule has 230 valence electrons. The van der Waals surface area contributed by atoms with E-state index in [9.17, 15) is 18.4 Å². The van der Waals surface area contributed by atoms with E-state index < -0.39 is 17.9 Å². The third-order valence-corrected chi connectivity index (χ3v) is 8.83. The Bertz CT molecular complexity index is 1220. The van der Waals surface area contributed by atoms with E-state index in [0.717, 1.165) is 56.2 Å². The summed E-state index contributed by atoms with van der Waals surface area (Å²) in [6, 6.07) is 7.10. The van der Waals surface area contributed by atoms with Crippen LogP contribution in [-0.2, 0) is 4.79 Å². The molecule has 0 bridgehead atoms. The lowest BCUT2D eigenvalue weighted by atomic mass is 9.93. The smallest absolute Gasteiger partial charge is 0.272 e. The number of rotatable bonds is 12. The van der Waals surface area contributed by atoms with Crippen LogP contribution in [0.4, 0.5) is 8.78 Å². The minimum absolute atomic E-state index is 0.0863. The van der Waals surface area contributed by atoms with Crippen molar-refractivity contribution in [3.05, 3.63) is 30.0 Å². The van der Waals surface area contributed by atoms with Crippen LogP contribution in [0.15, 0.2) is 24.3 Å². The number of nitrogens with one attached hydrogen (secondary N) is 2. The normalized spacial score (nSPS) is 20.1. The Morgan fingerprint density at radius 2 is 1.79 bits per heavy atom. The molecule has 1 unspecified atom stereocenters. The Balaban J connectivity index is 1.37. The lowest BCUT2D eigenvalue weighted by Crippen LogP contribution is -2.47. The molecule has 2 heterocycles. The molecule has 2 aromatic rings. The van der Waals surface area contributed by atoms with Gasteiger partial charge in [0.2, 0.25) is 5.91 Å². The fourth-order valence-corrected chi connectivity index (χ4v) is 6.35. The Kier molecular flexibility index (Phi) is 9.65. The van der Waals surface area contributed by atoms with Crippen LogP contribution in [-0.4, -0.2) is 78.4 Å². The van der Waals surface area contributed by atoms with E-state index >= 15 is 0 Å². The number of piperidine rings is 1. The first-order valence-corrected chi connectivity index (χ1v) is 15.3. The molecule has 2 amide bonds. The van der Waals surface area contributed by atoms with Crippen LogP contribution in [0.5, 0.6) is 11.5 Å². The van der Waals surface area contributed by atoms with Gasteiger partial charge in [-0.15, -0.1) is 0 Å². The summed E-state index contributed by atoms with van der Waals surface area (Å²) in [6.07, 6.45) is 7.89. The van der Waals surface area contributed by atoms with Gasteiger partial charge in [0.1, 0.15) is 11.5 Å². The zero-order chi connectivity index (χ0) is 29.7. The first kappa shape index (κ1) is 30.3. The number of carbonyl (C=O) groups excluding carboxylic acids is 2. The van der Waals surface area contributed by atoms with Gasteiger partial charge < -0.3 is 20.1 Å². The first-order chi connectivity index (χ1) is 20.3. The molecule has 2 N–H and O–H groups in total. The molecule has 0 spiro atoms. The van der Waals surface area contributed by atoms with Gasteiger partial charge in [0.25, 0.3) is 11.8 Å². The molecule has 1 aliphatic heterocycles. The predicted molar refractivity (Wildman–Crippen MR) is 155 cm³/mol. The minimum Gasteiger partial charge on any atom is -0.496 e. The molecule has 2 saturated carbocycles. The highest BCUT2D eigenvalue weighted by molar-refractivity contribution is 5.94. The van der Waals surface area contributed by atoms with Crippen molar-refractivity contribution in [2.75, 3.05) is 33.9 Å². The highest BCUT2D eigenvalue weighted by atomic mass is 19.3. The van der Waals surface area contributed by atoms with Crippen molar-refractivity contribution in [1.82, 2.24) is 25.3 Å². The quantitative estimate of drug-likeness (QED) is 0.364. The number of benzene rings is 1. The van der Waals surface area contributed by atoms with Crippen molar-refractivity contribution >= 4 is 11.8 Å². The maximum absolute atomic E-state index is 14.0. The molecule has 1 saturated heterocycles. The van der Waals surface area contributed by atoms with Gasteiger partial charge in [0.05, 0.1) is 38.1 Å². The molecule has 1 atom stereocenters. The molecular formula is C31H43F2N5O4. The largest absolute Gasteiger partial charge is 0.496 e. The number of carbonyl (C=O) groups is 2. The summed E-state index contributed by atoms with van der Waals surface area (Å²) in [5.74, 6) is -2.01. The number of aromatic nitrogens is 2. The van der Waals surface area contributed by atoms with Gasteiger partial charge in [-0.05, 0) is 69.7 Å². The fraction of sp³-hybridized carbons (Fsp3) is 0.645. The number of likely N-dealkylation sites (tertiary alicyclic amines) is 1. The minimum atomic E-state index is -2.71. The molecule has 5 rings (SSSR count). The zero-order valence-corrected chi connectivity index (χ0v) is 24.7. The van der Waals surface area contributed by atoms with E-state index in [-0.39, 0.29) is 43.1 Å². The standard InChI is InChI=1S/C31H43F2N5O4/c1-41-26-12-6-13-27(42-2)29(26)25-19-24(36-38(25)23-10-3-4-11-23)30(40)35-22(18-28(39)34-21-8-5-9-21)14-17-37-16-7-15-31(32,33)20-37/h6,12-13,19,21-23H,3-5,7-11,14-18,20H2,1-2H3,(H,34,39)(H,35,40). The lowest BCUT2D eigenvalue weighted by molar-refractivity contribution is -0.122. The molecule has 1 aromatic carbocycles. The lowest BCUT2D eigenvalue weighted by Gasteiger charge is -2.33. The van der Waals surface area contributed by atoms with Crippen LogP contribution in [0, 0.1) is 0 Å². The van der Waals surface area contributed by atoms with Crippen LogP contribution in [0.2, 0.25) is 0 Å². The molecule has 2 aliphatic carbocycles. The highest BCUT2D eigenvalue weighted by Crippen LogP contribution is 2.42. The predicted octanol–water partition coefficient (Wildman–Crippen LogP) is 4.96. The number of hydrogen-bond acceptors (Lipinski definition) is 6. The second-order valence-electron chi connectivity index (χ2n) is 11.9. The highest BCUT2D eigenvalue weighted by Gasteiger charge is 2.35. The van der Waals surface area contributed by atoms with Crippen molar-refractivity contribution in [1.29, 1.82) is 0 Å². The average Bonchev–Trinajstić information content (AvgIpc) is 3.63. The summed E-state index contributed by atoms with van der Waals surface area (Å²) < 4.78 is 41.3. The average molecular weight is 588 g/mol. The molecular weight excluding hydrogens is 544 g/mol. The van der Waals surface area contributed by atoms with Gasteiger partial charge in [0, 0.05) is 31.5 Å². The van der Waals surface area contributed by atoms with Gasteiger partial charge in [-0.2, -0.15) is 5.10 Å². The summed E-state index contributed by atoms with van der Waals surface area (Å²) in [6.45, 7) is 0.662. The maximum Gasteiger partial charge on any atom is 0.272 e. The Morgan fingerprint density at radius 1 is 1.07 bits per heavy atom. The van der Waals surface area contributed by atoms with Crippen molar-refractivity contribution in [2.45, 2.75) is 94.7 Å². The number of halogens is 2. The van der Waals surface area contributed by atoms with E-state index in [4.69, 9.17) is 14.6 Å². The topological polar surface area (TPSA) is 97.7 Å². The van der Waals surface area contributed by atoms with Crippen LogP contribution in [0.25, 0.3) is 11.3 Å². The van der Waals surface area contributed by atoms with E-state index in [1.54, 1.807) is 25.2 Å². The van der Waals surface area contributed by atoms with E-state index in [1.165, 1.54) is 0 Å². The second kappa shape index (κ2) is 13.4. The summed E-state index contributed by atoms with van der Waals surface area (Å²) in [5, 5.41) is 10.8. The number of methoxy groups -OCH3 is 2. The van der Waals surface area contributed by atoms with Crippen molar-refractivity contribution < 1.29 is 27.8 Å². The first-order valence-electron chi connectivity index (χ1n) is 15.3. The van der Waals surface area contributed by atoms with Gasteiger partial charge in [-0.1, -0.05) is 18.9 Å². The van der Waals surface area contributed by atoms with Gasteiger partial charge in [0.15, 0.2) is 5.69 Å². The summed E-state index contributed by atoms with van der Waals surface area (Å²) >= 11 is 0. The molecule has 3 fully saturated rings. The Hall–Kier alpha value is -3.21. The Labute approximate surface area is 246 Å². The van der Waals surface area contributed by atoms with E-state index in [2.05, 4.69) is 10.6 Å². The van der Waals surface area contributed by atoms with Crippen LogP contribution in [0.1, 0.15) is 87.2 Å². The van der Waals surface area contributed by atoms with Crippen LogP contribution >= 0.6 is 0 Å². The number of alkyl halides is 2. The summed E-state index contributed by atoms with van der Waals surface area (Å²) in [4.78, 5) is 28.3. The fourth-order valence-electron chi connectivity index (χ4n) is 6.35. The van der Waals surface area contributed by atoms with Gasteiger partial charge in [-0.25, -0.2) is 8.78 Å². The monoisotopic (exact) mass is 587 g/mol. The van der Waals surface area contributed by atoms with Crippen molar-refractivity contribution in [2.24, 2.45) is 0 Å². The van der Waals surface area contributed by atoms with Gasteiger partial charge >= 0.3 is 0 Å². The van der Waals surface area contributed by atoms with E-state index in [0.29, 0.717) is 37.4 Å². The molecule has 1 aromatic heterocycles. The number of amides is 2. The Morgan fingerprint density at radius 3 is 2.40 bits per heavy atom. The number of ether oxygens (including phenoxy) is 2. The number of nitrogens with zero attached hydrogens (tertiary/aromatic N) is 3. The molecule has 3 aliphatic rings. The van der Waals surface area contributed by atoms with E-state index in [1.807, 2.05) is 22.9 Å². The number of hydrogen-bond donors (Lipinski definition) is 2. The summed E-state index contributed by atoms with van der Waals surface area (Å²) in [7, 11) is 3.19. The third-order valence-electron chi connectivity index (χ3n) is 8.83. The third kappa shape index (κ3) is 7.22. The van der Waals surface area contributed by atoms with Crippen molar-refractivity contribution in [3.8, 4) is 22.8 Å². The molecule has 11 heteroatoms. The maximum atomic E-state index is 14.0. The van der Waals surface area contributed by atoms with Crippen LogP contribution in [0.3, 0.4) is 0 Å². The van der Waals surface area contributed by atoms with Crippen molar-refractivity contribution in [3.63, 3.8) is 0 Å². The molecule has 0 radical (unpaired) electrons. The van der Waals surface area contributed by atoms with Crippen LogP contribution < -0.4 is 20.1 Å². The van der Waals surface area contributed by atoms with Gasteiger partial charge in [-0.3, -0.25) is 19.2 Å². The summed E-state index contributed by atoms with van der Waals surface area (Å²) in [5.41, 5.74) is 1.69. The SMILES string of the molecule is COc1cccc(OC)c1-c1cc(C(=O)NC(CCN2CCCC(F)(F)C2)CC(=O)NC2CCC2)nn1C1CCCC1. The molecule has 42 heavy (non-hydrogen) atoms.